The van der Waals surface area contributed by atoms with Crippen LogP contribution >= 0.6 is 0 Å². The van der Waals surface area contributed by atoms with Crippen molar-refractivity contribution >= 4 is 18.1 Å². The number of hydrogen-bond donors (Lipinski definition) is 3. The van der Waals surface area contributed by atoms with Gasteiger partial charge in [0.1, 0.15) is 0 Å². The molecular formula is C12H14N2O3. The molecule has 0 fully saturated rings. The summed E-state index contributed by atoms with van der Waals surface area (Å²) in [6.07, 6.45) is 3.16. The van der Waals surface area contributed by atoms with Gasteiger partial charge in [-0.1, -0.05) is 30.3 Å². The zero-order chi connectivity index (χ0) is 12.5. The van der Waals surface area contributed by atoms with Gasteiger partial charge in [-0.25, -0.2) is 4.79 Å². The molecule has 1 rings (SSSR count). The van der Waals surface area contributed by atoms with Crippen molar-refractivity contribution in [3.8, 4) is 0 Å². The molecule has 1 aromatic carbocycles. The summed E-state index contributed by atoms with van der Waals surface area (Å²) in [4.78, 5) is 21.3. The third-order valence-electron chi connectivity index (χ3n) is 1.91. The quantitative estimate of drug-likeness (QED) is 0.721. The Kier molecular flexibility index (Phi) is 5.30. The Morgan fingerprint density at radius 2 is 1.94 bits per heavy atom. The first-order valence-electron chi connectivity index (χ1n) is 5.16. The van der Waals surface area contributed by atoms with E-state index in [9.17, 15) is 9.59 Å². The third-order valence-corrected chi connectivity index (χ3v) is 1.91. The molecule has 17 heavy (non-hydrogen) atoms. The molecule has 0 saturated heterocycles. The Morgan fingerprint density at radius 1 is 1.24 bits per heavy atom. The first kappa shape index (κ1) is 12.8. The van der Waals surface area contributed by atoms with Gasteiger partial charge in [-0.15, -0.1) is 0 Å². The van der Waals surface area contributed by atoms with E-state index in [-0.39, 0.29) is 13.0 Å². The number of hydrogen-bond acceptors (Lipinski definition) is 2. The van der Waals surface area contributed by atoms with Gasteiger partial charge < -0.3 is 15.7 Å². The highest BCUT2D eigenvalue weighted by atomic mass is 16.4. The van der Waals surface area contributed by atoms with E-state index in [0.717, 1.165) is 5.56 Å². The van der Waals surface area contributed by atoms with Crippen molar-refractivity contribution in [2.75, 3.05) is 6.54 Å². The lowest BCUT2D eigenvalue weighted by atomic mass is 10.2. The summed E-state index contributed by atoms with van der Waals surface area (Å²) in [6, 6.07) is 9.09. The second kappa shape index (κ2) is 7.05. The number of urea groups is 1. The van der Waals surface area contributed by atoms with Crippen LogP contribution < -0.4 is 10.6 Å². The van der Waals surface area contributed by atoms with Crippen LogP contribution in [0.2, 0.25) is 0 Å². The maximum Gasteiger partial charge on any atom is 0.318 e. The lowest BCUT2D eigenvalue weighted by Crippen LogP contribution is -2.33. The average Bonchev–Trinajstić information content (AvgIpc) is 2.30. The summed E-state index contributed by atoms with van der Waals surface area (Å²) < 4.78 is 0. The van der Waals surface area contributed by atoms with Crippen molar-refractivity contribution in [1.29, 1.82) is 0 Å². The Hall–Kier alpha value is -2.30. The van der Waals surface area contributed by atoms with Crippen LogP contribution in [-0.4, -0.2) is 23.7 Å². The van der Waals surface area contributed by atoms with Gasteiger partial charge in [0.15, 0.2) is 0 Å². The molecule has 0 aromatic heterocycles. The highest BCUT2D eigenvalue weighted by Gasteiger charge is 1.99. The van der Waals surface area contributed by atoms with Gasteiger partial charge >= 0.3 is 12.0 Å². The highest BCUT2D eigenvalue weighted by molar-refractivity contribution is 5.76. The van der Waals surface area contributed by atoms with Crippen LogP contribution in [0.25, 0.3) is 6.08 Å². The maximum absolute atomic E-state index is 11.1. The average molecular weight is 234 g/mol. The van der Waals surface area contributed by atoms with E-state index in [1.165, 1.54) is 6.20 Å². The summed E-state index contributed by atoms with van der Waals surface area (Å²) in [5.41, 5.74) is 0.971. The molecule has 5 heteroatoms. The molecule has 0 saturated carbocycles. The molecule has 0 radical (unpaired) electrons. The van der Waals surface area contributed by atoms with Crippen molar-refractivity contribution in [2.45, 2.75) is 6.42 Å². The van der Waals surface area contributed by atoms with E-state index >= 15 is 0 Å². The zero-order valence-corrected chi connectivity index (χ0v) is 9.22. The molecule has 5 nitrogen and oxygen atoms in total. The number of rotatable bonds is 5. The molecule has 0 spiro atoms. The molecule has 3 N–H and O–H groups in total. The molecule has 90 valence electrons. The minimum absolute atomic E-state index is 0.0875. The minimum Gasteiger partial charge on any atom is -0.481 e. The van der Waals surface area contributed by atoms with E-state index in [2.05, 4.69) is 10.6 Å². The van der Waals surface area contributed by atoms with Crippen LogP contribution in [0.15, 0.2) is 36.5 Å². The van der Waals surface area contributed by atoms with Crippen LogP contribution in [0.4, 0.5) is 4.79 Å². The summed E-state index contributed by atoms with van der Waals surface area (Å²) in [6.45, 7) is 0.111. The summed E-state index contributed by atoms with van der Waals surface area (Å²) >= 11 is 0. The summed E-state index contributed by atoms with van der Waals surface area (Å²) in [7, 11) is 0. The molecule has 2 amide bonds. The number of carbonyl (C=O) groups is 2. The van der Waals surface area contributed by atoms with Gasteiger partial charge in [-0.3, -0.25) is 4.79 Å². The van der Waals surface area contributed by atoms with Crippen molar-refractivity contribution in [2.24, 2.45) is 0 Å². The molecular weight excluding hydrogens is 220 g/mol. The highest BCUT2D eigenvalue weighted by Crippen LogP contribution is 1.99. The fourth-order valence-electron chi connectivity index (χ4n) is 1.11. The lowest BCUT2D eigenvalue weighted by Gasteiger charge is -2.01. The predicted octanol–water partition coefficient (Wildman–Crippen LogP) is 1.43. The lowest BCUT2D eigenvalue weighted by molar-refractivity contribution is -0.136. The fraction of sp³-hybridized carbons (Fsp3) is 0.167. The van der Waals surface area contributed by atoms with Crippen molar-refractivity contribution < 1.29 is 14.7 Å². The van der Waals surface area contributed by atoms with Gasteiger partial charge in [0.05, 0.1) is 6.42 Å². The third kappa shape index (κ3) is 5.99. The number of carboxylic acids is 1. The maximum atomic E-state index is 11.1. The Labute approximate surface area is 99.1 Å². The van der Waals surface area contributed by atoms with Gasteiger partial charge in [-0.05, 0) is 11.6 Å². The molecule has 0 aliphatic carbocycles. The van der Waals surface area contributed by atoms with E-state index in [1.807, 2.05) is 30.3 Å². The molecule has 0 aliphatic rings. The summed E-state index contributed by atoms with van der Waals surface area (Å²) in [5, 5.41) is 13.3. The van der Waals surface area contributed by atoms with Crippen molar-refractivity contribution in [3.05, 3.63) is 42.1 Å². The van der Waals surface area contributed by atoms with Crippen LogP contribution in [0.1, 0.15) is 12.0 Å². The monoisotopic (exact) mass is 234 g/mol. The molecule has 0 heterocycles. The second-order valence-electron chi connectivity index (χ2n) is 3.29. The van der Waals surface area contributed by atoms with Crippen LogP contribution in [0.3, 0.4) is 0 Å². The smallest absolute Gasteiger partial charge is 0.318 e. The van der Waals surface area contributed by atoms with E-state index < -0.39 is 12.0 Å². The first-order valence-corrected chi connectivity index (χ1v) is 5.16. The van der Waals surface area contributed by atoms with Gasteiger partial charge in [-0.2, -0.15) is 0 Å². The van der Waals surface area contributed by atoms with Crippen LogP contribution in [0.5, 0.6) is 0 Å². The number of nitrogens with one attached hydrogen (secondary N) is 2. The van der Waals surface area contributed by atoms with Crippen molar-refractivity contribution in [3.63, 3.8) is 0 Å². The normalized spacial score (nSPS) is 10.1. The first-order chi connectivity index (χ1) is 8.18. The topological polar surface area (TPSA) is 78.4 Å². The molecule has 0 atom stereocenters. The molecule has 0 unspecified atom stereocenters. The van der Waals surface area contributed by atoms with E-state index in [0.29, 0.717) is 0 Å². The standard InChI is InChI=1S/C12H14N2O3/c15-11(16)7-9-14-12(17)13-8-6-10-4-2-1-3-5-10/h1-6,8H,7,9H2,(H,15,16)(H2,13,14,17)/b8-6+. The predicted molar refractivity (Wildman–Crippen MR) is 64.3 cm³/mol. The number of benzene rings is 1. The van der Waals surface area contributed by atoms with Crippen molar-refractivity contribution in [1.82, 2.24) is 10.6 Å². The number of amides is 2. The number of aliphatic carboxylic acids is 1. The van der Waals surface area contributed by atoms with E-state index in [4.69, 9.17) is 5.11 Å². The SMILES string of the molecule is O=C(O)CCNC(=O)N/C=C/c1ccccc1. The summed E-state index contributed by atoms with van der Waals surface area (Å²) in [5.74, 6) is -0.940. The van der Waals surface area contributed by atoms with Gasteiger partial charge in [0.2, 0.25) is 0 Å². The van der Waals surface area contributed by atoms with Crippen LogP contribution in [0, 0.1) is 0 Å². The second-order valence-corrected chi connectivity index (χ2v) is 3.29. The van der Waals surface area contributed by atoms with Gasteiger partial charge in [0, 0.05) is 12.7 Å². The Bertz CT molecular complexity index is 401. The number of carboxylic acid groups (broad SMARTS) is 1. The largest absolute Gasteiger partial charge is 0.481 e. The molecule has 0 aliphatic heterocycles. The zero-order valence-electron chi connectivity index (χ0n) is 9.22. The number of carbonyl (C=O) groups excluding carboxylic acids is 1. The Morgan fingerprint density at radius 3 is 2.59 bits per heavy atom. The van der Waals surface area contributed by atoms with Gasteiger partial charge in [0.25, 0.3) is 0 Å². The molecule has 1 aromatic rings. The fourth-order valence-corrected chi connectivity index (χ4v) is 1.11. The Balaban J connectivity index is 2.24. The molecule has 0 bridgehead atoms. The van der Waals surface area contributed by atoms with Crippen LogP contribution in [-0.2, 0) is 4.79 Å². The minimum atomic E-state index is -0.940. The van der Waals surface area contributed by atoms with E-state index in [1.54, 1.807) is 6.08 Å².